The van der Waals surface area contributed by atoms with Crippen molar-refractivity contribution in [3.05, 3.63) is 34.7 Å². The number of amides is 1. The molecule has 1 heterocycles. The fourth-order valence-corrected chi connectivity index (χ4v) is 2.71. The van der Waals surface area contributed by atoms with Crippen LogP contribution in [0, 0.1) is 5.41 Å². The number of nitrogens with one attached hydrogen (secondary N) is 1. The number of anilines is 1. The number of thiazole rings is 1. The highest BCUT2D eigenvalue weighted by Crippen LogP contribution is 2.30. The van der Waals surface area contributed by atoms with E-state index in [4.69, 9.17) is 4.98 Å². The molecule has 2 aromatic rings. The molecule has 1 amide bonds. The molecule has 0 saturated heterocycles. The Morgan fingerprint density at radius 2 is 1.64 bits per heavy atom. The first-order valence-corrected chi connectivity index (χ1v) is 8.33. The summed E-state index contributed by atoms with van der Waals surface area (Å²) in [5, 5.41) is 6.15. The van der Waals surface area contributed by atoms with E-state index in [1.54, 1.807) is 11.3 Å². The molecule has 0 aliphatic rings. The van der Waals surface area contributed by atoms with Gasteiger partial charge >= 0.3 is 0 Å². The van der Waals surface area contributed by atoms with Crippen LogP contribution in [-0.2, 0) is 10.2 Å². The lowest BCUT2D eigenvalue weighted by Gasteiger charge is -2.17. The van der Waals surface area contributed by atoms with Gasteiger partial charge in [-0.15, -0.1) is 11.3 Å². The highest BCUT2D eigenvalue weighted by atomic mass is 32.1. The number of benzene rings is 1. The number of aromatic nitrogens is 1. The molecule has 0 unspecified atom stereocenters. The van der Waals surface area contributed by atoms with Crippen LogP contribution in [-0.4, -0.2) is 10.9 Å². The second kappa shape index (κ2) is 5.84. The van der Waals surface area contributed by atoms with E-state index >= 15 is 0 Å². The van der Waals surface area contributed by atoms with Gasteiger partial charge in [-0.2, -0.15) is 0 Å². The SMILES string of the molecule is CC(C)(C)C(=O)Nc1ccc(-c2csc(C(C)(C)C)n2)cc1. The fourth-order valence-electron chi connectivity index (χ4n) is 1.79. The normalized spacial score (nSPS) is 12.3. The first kappa shape index (κ1) is 16.7. The van der Waals surface area contributed by atoms with Gasteiger partial charge < -0.3 is 5.32 Å². The molecule has 0 fully saturated rings. The monoisotopic (exact) mass is 316 g/mol. The quantitative estimate of drug-likeness (QED) is 0.838. The predicted octanol–water partition coefficient (Wildman–Crippen LogP) is 5.09. The lowest BCUT2D eigenvalue weighted by Crippen LogP contribution is -2.27. The Labute approximate surface area is 136 Å². The van der Waals surface area contributed by atoms with E-state index in [2.05, 4.69) is 31.5 Å². The van der Waals surface area contributed by atoms with Crippen LogP contribution >= 0.6 is 11.3 Å². The molecular weight excluding hydrogens is 292 g/mol. The van der Waals surface area contributed by atoms with Crippen LogP contribution in [0.2, 0.25) is 0 Å². The summed E-state index contributed by atoms with van der Waals surface area (Å²) >= 11 is 1.69. The van der Waals surface area contributed by atoms with Crippen LogP contribution in [0.25, 0.3) is 11.3 Å². The van der Waals surface area contributed by atoms with Gasteiger partial charge in [-0.05, 0) is 12.1 Å². The molecule has 0 atom stereocenters. The van der Waals surface area contributed by atoms with Gasteiger partial charge in [-0.25, -0.2) is 4.98 Å². The molecule has 1 N–H and O–H groups in total. The Morgan fingerprint density at radius 3 is 2.09 bits per heavy atom. The van der Waals surface area contributed by atoms with E-state index in [1.807, 2.05) is 45.0 Å². The first-order chi connectivity index (χ1) is 10.1. The number of hydrogen-bond donors (Lipinski definition) is 1. The lowest BCUT2D eigenvalue weighted by atomic mass is 9.95. The van der Waals surface area contributed by atoms with Crippen molar-refractivity contribution in [3.8, 4) is 11.3 Å². The average molecular weight is 316 g/mol. The number of carbonyl (C=O) groups is 1. The summed E-state index contributed by atoms with van der Waals surface area (Å²) in [5.41, 5.74) is 2.55. The van der Waals surface area contributed by atoms with Crippen LogP contribution in [0.4, 0.5) is 5.69 Å². The third-order valence-corrected chi connectivity index (χ3v) is 4.53. The third kappa shape index (κ3) is 3.95. The molecule has 0 aliphatic carbocycles. The van der Waals surface area contributed by atoms with Gasteiger partial charge in [-0.3, -0.25) is 4.79 Å². The van der Waals surface area contributed by atoms with Gasteiger partial charge in [0.15, 0.2) is 0 Å². The zero-order valence-corrected chi connectivity index (χ0v) is 15.0. The highest BCUT2D eigenvalue weighted by Gasteiger charge is 2.21. The minimum Gasteiger partial charge on any atom is -0.326 e. The Bertz CT molecular complexity index is 658. The number of carbonyl (C=O) groups excluding carboxylic acids is 1. The Morgan fingerprint density at radius 1 is 1.05 bits per heavy atom. The molecule has 4 heteroatoms. The van der Waals surface area contributed by atoms with Gasteiger partial charge in [0.2, 0.25) is 5.91 Å². The smallest absolute Gasteiger partial charge is 0.229 e. The molecular formula is C18H24N2OS. The zero-order valence-electron chi connectivity index (χ0n) is 14.2. The van der Waals surface area contributed by atoms with Crippen molar-refractivity contribution in [1.29, 1.82) is 0 Å². The first-order valence-electron chi connectivity index (χ1n) is 7.45. The van der Waals surface area contributed by atoms with Crippen molar-refractivity contribution in [1.82, 2.24) is 4.98 Å². The van der Waals surface area contributed by atoms with Crippen LogP contribution in [0.5, 0.6) is 0 Å². The van der Waals surface area contributed by atoms with E-state index in [0.29, 0.717) is 0 Å². The summed E-state index contributed by atoms with van der Waals surface area (Å²) in [6.45, 7) is 12.2. The third-order valence-electron chi connectivity index (χ3n) is 3.27. The second-order valence-corrected chi connectivity index (χ2v) is 8.43. The molecule has 2 rings (SSSR count). The summed E-state index contributed by atoms with van der Waals surface area (Å²) in [6, 6.07) is 7.85. The van der Waals surface area contributed by atoms with E-state index < -0.39 is 5.41 Å². The molecule has 1 aromatic heterocycles. The fraction of sp³-hybridized carbons (Fsp3) is 0.444. The Balaban J connectivity index is 2.16. The molecule has 3 nitrogen and oxygen atoms in total. The van der Waals surface area contributed by atoms with Crippen LogP contribution in [0.1, 0.15) is 46.6 Å². The maximum atomic E-state index is 12.0. The van der Waals surface area contributed by atoms with Gasteiger partial charge in [0.25, 0.3) is 0 Å². The number of nitrogens with zero attached hydrogens (tertiary/aromatic N) is 1. The average Bonchev–Trinajstić information content (AvgIpc) is 2.88. The predicted molar refractivity (Wildman–Crippen MR) is 94.3 cm³/mol. The number of rotatable bonds is 2. The van der Waals surface area contributed by atoms with Crippen molar-refractivity contribution >= 4 is 22.9 Å². The summed E-state index contributed by atoms with van der Waals surface area (Å²) in [7, 11) is 0. The van der Waals surface area contributed by atoms with Crippen molar-refractivity contribution in [3.63, 3.8) is 0 Å². The van der Waals surface area contributed by atoms with E-state index in [0.717, 1.165) is 22.0 Å². The molecule has 0 aliphatic heterocycles. The van der Waals surface area contributed by atoms with Crippen LogP contribution in [0.15, 0.2) is 29.6 Å². The maximum Gasteiger partial charge on any atom is 0.229 e. The van der Waals surface area contributed by atoms with E-state index in [-0.39, 0.29) is 11.3 Å². The largest absolute Gasteiger partial charge is 0.326 e. The Hall–Kier alpha value is -1.68. The standard InChI is InChI=1S/C18H24N2OS/c1-17(2,3)15(21)19-13-9-7-12(8-10-13)14-11-22-16(20-14)18(4,5)6/h7-11H,1-6H3,(H,19,21). The molecule has 0 radical (unpaired) electrons. The lowest BCUT2D eigenvalue weighted by molar-refractivity contribution is -0.123. The molecule has 22 heavy (non-hydrogen) atoms. The van der Waals surface area contributed by atoms with Crippen molar-refractivity contribution in [2.24, 2.45) is 5.41 Å². The van der Waals surface area contributed by atoms with E-state index in [9.17, 15) is 4.79 Å². The summed E-state index contributed by atoms with van der Waals surface area (Å²) < 4.78 is 0. The zero-order chi connectivity index (χ0) is 16.5. The van der Waals surface area contributed by atoms with Crippen LogP contribution < -0.4 is 5.32 Å². The molecule has 0 bridgehead atoms. The van der Waals surface area contributed by atoms with E-state index in [1.165, 1.54) is 0 Å². The number of hydrogen-bond acceptors (Lipinski definition) is 3. The summed E-state index contributed by atoms with van der Waals surface area (Å²) in [5.74, 6) is 0.0175. The van der Waals surface area contributed by atoms with Crippen molar-refractivity contribution < 1.29 is 4.79 Å². The molecule has 1 aromatic carbocycles. The van der Waals surface area contributed by atoms with Gasteiger partial charge in [0, 0.05) is 27.5 Å². The summed E-state index contributed by atoms with van der Waals surface area (Å²) in [6.07, 6.45) is 0. The Kier molecular flexibility index (Phi) is 4.43. The van der Waals surface area contributed by atoms with Gasteiger partial charge in [0.1, 0.15) is 0 Å². The minimum atomic E-state index is -0.394. The second-order valence-electron chi connectivity index (χ2n) is 7.57. The topological polar surface area (TPSA) is 42.0 Å². The summed E-state index contributed by atoms with van der Waals surface area (Å²) in [4.78, 5) is 16.7. The molecule has 0 saturated carbocycles. The van der Waals surface area contributed by atoms with Gasteiger partial charge in [-0.1, -0.05) is 53.7 Å². The van der Waals surface area contributed by atoms with Gasteiger partial charge in [0.05, 0.1) is 10.7 Å². The molecule has 118 valence electrons. The van der Waals surface area contributed by atoms with Crippen molar-refractivity contribution in [2.75, 3.05) is 5.32 Å². The van der Waals surface area contributed by atoms with Crippen molar-refractivity contribution in [2.45, 2.75) is 47.0 Å². The minimum absolute atomic E-state index is 0.0175. The maximum absolute atomic E-state index is 12.0. The molecule has 0 spiro atoms. The highest BCUT2D eigenvalue weighted by molar-refractivity contribution is 7.10. The van der Waals surface area contributed by atoms with Crippen LogP contribution in [0.3, 0.4) is 0 Å².